The lowest BCUT2D eigenvalue weighted by molar-refractivity contribution is 1.14. The van der Waals surface area contributed by atoms with Crippen LogP contribution in [0.3, 0.4) is 0 Å². The van der Waals surface area contributed by atoms with Crippen LogP contribution in [0.15, 0.2) is 17.1 Å². The zero-order chi connectivity index (χ0) is 6.41. The largest absolute Gasteiger partial charge is 0.273 e. The molecule has 0 saturated heterocycles. The van der Waals surface area contributed by atoms with Gasteiger partial charge < -0.3 is 0 Å². The molecule has 0 bridgehead atoms. The Labute approximate surface area is 55.1 Å². The number of halogens is 1. The number of hydrogen-bond acceptors (Lipinski definition) is 1. The molecule has 0 rings (SSSR count). The van der Waals surface area contributed by atoms with Gasteiger partial charge >= 0.3 is 0 Å². The van der Waals surface area contributed by atoms with Crippen molar-refractivity contribution in [3.05, 3.63) is 12.2 Å². The fourth-order valence-corrected chi connectivity index (χ4v) is 0.587. The van der Waals surface area contributed by atoms with Gasteiger partial charge in [-0.25, -0.2) is 0 Å². The lowest BCUT2D eigenvalue weighted by Crippen LogP contribution is -1.79. The van der Waals surface area contributed by atoms with E-state index in [1.165, 1.54) is 0 Å². The van der Waals surface area contributed by atoms with Crippen molar-refractivity contribution in [3.63, 3.8) is 0 Å². The van der Waals surface area contributed by atoms with Crippen molar-refractivity contribution in [2.75, 3.05) is 6.54 Å². The van der Waals surface area contributed by atoms with Gasteiger partial charge in [-0.15, -0.1) is 0 Å². The average molecular weight is 132 g/mol. The predicted molar refractivity (Wildman–Crippen MR) is 38.6 cm³/mol. The van der Waals surface area contributed by atoms with E-state index >= 15 is 0 Å². The first kappa shape index (κ1) is 7.70. The van der Waals surface area contributed by atoms with Crippen molar-refractivity contribution >= 4 is 16.8 Å². The van der Waals surface area contributed by atoms with Crippen LogP contribution in [0.5, 0.6) is 0 Å². The van der Waals surface area contributed by atoms with Gasteiger partial charge in [-0.05, 0) is 19.9 Å². The molecule has 0 heterocycles. The molecule has 8 heavy (non-hydrogen) atoms. The predicted octanol–water partition coefficient (Wildman–Crippen LogP) is 2.22. The van der Waals surface area contributed by atoms with Crippen LogP contribution in [0.4, 0.5) is 0 Å². The zero-order valence-corrected chi connectivity index (χ0v) is 5.94. The summed E-state index contributed by atoms with van der Waals surface area (Å²) in [6.45, 7) is 4.61. The van der Waals surface area contributed by atoms with E-state index in [0.717, 1.165) is 6.54 Å². The van der Waals surface area contributed by atoms with Gasteiger partial charge in [0, 0.05) is 6.54 Å². The highest BCUT2D eigenvalue weighted by molar-refractivity contribution is 6.68. The Balaban J connectivity index is 3.61. The minimum atomic E-state index is 0.579. The van der Waals surface area contributed by atoms with Crippen molar-refractivity contribution in [2.45, 2.75) is 13.8 Å². The van der Waals surface area contributed by atoms with Gasteiger partial charge in [0.25, 0.3) is 0 Å². The maximum Gasteiger partial charge on any atom is 0.123 e. The molecular weight excluding hydrogens is 122 g/mol. The third-order valence-corrected chi connectivity index (χ3v) is 0.859. The average Bonchev–Trinajstić information content (AvgIpc) is 1.68. The topological polar surface area (TPSA) is 12.4 Å². The summed E-state index contributed by atoms with van der Waals surface area (Å²) in [5.41, 5.74) is 0. The summed E-state index contributed by atoms with van der Waals surface area (Å²) in [5, 5.41) is 0.579. The van der Waals surface area contributed by atoms with Crippen LogP contribution < -0.4 is 0 Å². The van der Waals surface area contributed by atoms with Crippen molar-refractivity contribution in [1.29, 1.82) is 0 Å². The van der Waals surface area contributed by atoms with Gasteiger partial charge in [0.05, 0.1) is 0 Å². The molecule has 1 nitrogen and oxygen atoms in total. The monoisotopic (exact) mass is 131 g/mol. The van der Waals surface area contributed by atoms with Gasteiger partial charge in [0.2, 0.25) is 0 Å². The number of hydrogen-bond donors (Lipinski definition) is 0. The molecule has 0 fully saturated rings. The molecule has 0 spiro atoms. The standard InChI is InChI=1S/C6H10ClN/c1-3-5-6(7)8-4-2/h3,5H,4H2,1-2H3/b5-3?,8-6+. The summed E-state index contributed by atoms with van der Waals surface area (Å²) >= 11 is 5.54. The highest BCUT2D eigenvalue weighted by atomic mass is 35.5. The third kappa shape index (κ3) is 3.88. The van der Waals surface area contributed by atoms with Gasteiger partial charge in [0.1, 0.15) is 5.17 Å². The molecule has 0 aromatic carbocycles. The summed E-state index contributed by atoms with van der Waals surface area (Å²) in [6.07, 6.45) is 3.63. The lowest BCUT2D eigenvalue weighted by atomic mass is 10.5. The molecule has 0 radical (unpaired) electrons. The van der Waals surface area contributed by atoms with E-state index in [-0.39, 0.29) is 0 Å². The van der Waals surface area contributed by atoms with Crippen molar-refractivity contribution < 1.29 is 0 Å². The van der Waals surface area contributed by atoms with Gasteiger partial charge in [-0.2, -0.15) is 0 Å². The van der Waals surface area contributed by atoms with Gasteiger partial charge in [0.15, 0.2) is 0 Å². The summed E-state index contributed by atoms with van der Waals surface area (Å²) in [4.78, 5) is 3.91. The Morgan fingerprint density at radius 1 is 1.75 bits per heavy atom. The molecule has 46 valence electrons. The fourth-order valence-electron chi connectivity index (χ4n) is 0.341. The Hall–Kier alpha value is -0.300. The SMILES string of the molecule is CC=C/C(Cl)=N\CC. The first-order valence-corrected chi connectivity index (χ1v) is 3.01. The van der Waals surface area contributed by atoms with E-state index in [0.29, 0.717) is 5.17 Å². The molecule has 0 aliphatic rings. The number of nitrogens with zero attached hydrogens (tertiary/aromatic N) is 1. The highest BCUT2D eigenvalue weighted by Gasteiger charge is 1.78. The first-order chi connectivity index (χ1) is 3.81. The summed E-state index contributed by atoms with van der Waals surface area (Å²) < 4.78 is 0. The maximum atomic E-state index is 5.54. The summed E-state index contributed by atoms with van der Waals surface area (Å²) in [7, 11) is 0. The van der Waals surface area contributed by atoms with Crippen LogP contribution in [0.25, 0.3) is 0 Å². The van der Waals surface area contributed by atoms with Crippen molar-refractivity contribution in [2.24, 2.45) is 4.99 Å². The van der Waals surface area contributed by atoms with Crippen LogP contribution in [0.1, 0.15) is 13.8 Å². The van der Waals surface area contributed by atoms with Crippen molar-refractivity contribution in [3.8, 4) is 0 Å². The molecule has 0 aromatic heterocycles. The van der Waals surface area contributed by atoms with Crippen LogP contribution in [0.2, 0.25) is 0 Å². The Morgan fingerprint density at radius 2 is 2.38 bits per heavy atom. The molecule has 0 aromatic rings. The summed E-state index contributed by atoms with van der Waals surface area (Å²) in [5.74, 6) is 0. The minimum Gasteiger partial charge on any atom is -0.273 e. The number of rotatable bonds is 2. The molecule has 2 heteroatoms. The normalized spacial score (nSPS) is 13.1. The highest BCUT2D eigenvalue weighted by Crippen LogP contribution is 1.87. The van der Waals surface area contributed by atoms with Crippen LogP contribution >= 0.6 is 11.6 Å². The second-order valence-electron chi connectivity index (χ2n) is 1.30. The van der Waals surface area contributed by atoms with E-state index in [1.54, 1.807) is 6.08 Å². The van der Waals surface area contributed by atoms with E-state index in [9.17, 15) is 0 Å². The minimum absolute atomic E-state index is 0.579. The van der Waals surface area contributed by atoms with E-state index < -0.39 is 0 Å². The zero-order valence-electron chi connectivity index (χ0n) is 5.19. The van der Waals surface area contributed by atoms with E-state index in [1.807, 2.05) is 19.9 Å². The Bertz CT molecular complexity index is 105. The quantitative estimate of drug-likeness (QED) is 0.510. The molecule has 0 N–H and O–H groups in total. The summed E-state index contributed by atoms with van der Waals surface area (Å²) in [6, 6.07) is 0. The van der Waals surface area contributed by atoms with Crippen LogP contribution in [0, 0.1) is 0 Å². The van der Waals surface area contributed by atoms with E-state index in [4.69, 9.17) is 11.6 Å². The number of aliphatic imine (C=N–C) groups is 1. The van der Waals surface area contributed by atoms with Crippen molar-refractivity contribution in [1.82, 2.24) is 0 Å². The molecule has 0 atom stereocenters. The number of allylic oxidation sites excluding steroid dienone is 2. The van der Waals surface area contributed by atoms with Crippen LogP contribution in [-0.4, -0.2) is 11.7 Å². The lowest BCUT2D eigenvalue weighted by Gasteiger charge is -1.82. The maximum absolute atomic E-state index is 5.54. The van der Waals surface area contributed by atoms with Gasteiger partial charge in [-0.1, -0.05) is 17.7 Å². The molecule has 0 aliphatic carbocycles. The second-order valence-corrected chi connectivity index (χ2v) is 1.68. The molecule has 0 aliphatic heterocycles. The third-order valence-electron chi connectivity index (χ3n) is 0.613. The molecule has 0 unspecified atom stereocenters. The Morgan fingerprint density at radius 3 is 2.75 bits per heavy atom. The van der Waals surface area contributed by atoms with E-state index in [2.05, 4.69) is 4.99 Å². The van der Waals surface area contributed by atoms with Gasteiger partial charge in [-0.3, -0.25) is 4.99 Å². The van der Waals surface area contributed by atoms with Crippen LogP contribution in [-0.2, 0) is 0 Å². The Kier molecular flexibility index (Phi) is 4.67. The molecule has 0 amide bonds. The smallest absolute Gasteiger partial charge is 0.123 e. The first-order valence-electron chi connectivity index (χ1n) is 2.64. The molecular formula is C6H10ClN. The fraction of sp³-hybridized carbons (Fsp3) is 0.500. The molecule has 0 saturated carbocycles. The second kappa shape index (κ2) is 4.85.